The van der Waals surface area contributed by atoms with Gasteiger partial charge >= 0.3 is 6.16 Å². The first-order valence-electron chi connectivity index (χ1n) is 9.57. The maximum absolute atomic E-state index is 15.2. The number of nitrogens with zero attached hydrogens (tertiary/aromatic N) is 1. The molecule has 10 heteroatoms. The highest BCUT2D eigenvalue weighted by Crippen LogP contribution is 2.46. The van der Waals surface area contributed by atoms with E-state index in [2.05, 4.69) is 14.6 Å². The van der Waals surface area contributed by atoms with Gasteiger partial charge in [-0.3, -0.25) is 4.79 Å². The molecule has 3 aliphatic rings. The monoisotopic (exact) mass is 437 g/mol. The van der Waals surface area contributed by atoms with E-state index in [0.717, 1.165) is 24.3 Å². The Labute approximate surface area is 176 Å². The second-order valence-electron chi connectivity index (χ2n) is 7.98. The van der Waals surface area contributed by atoms with Crippen LogP contribution in [0, 0.1) is 17.7 Å². The van der Waals surface area contributed by atoms with E-state index in [0.29, 0.717) is 31.1 Å². The molecular weight excluding hydrogens is 417 g/mol. The number of nitrogens with two attached hydrogens (primary N) is 1. The number of halogens is 2. The molecule has 1 unspecified atom stereocenters. The van der Waals surface area contributed by atoms with Crippen LogP contribution in [0.2, 0.25) is 0 Å². The molecule has 2 aromatic rings. The second-order valence-corrected chi connectivity index (χ2v) is 7.98. The number of aromatic nitrogens is 1. The Morgan fingerprint density at radius 1 is 1.27 bits per heavy atom. The summed E-state index contributed by atoms with van der Waals surface area (Å²) in [4.78, 5) is 27.7. The molecule has 5 rings (SSSR count). The van der Waals surface area contributed by atoms with Crippen LogP contribution in [0.4, 0.5) is 14.9 Å². The summed E-state index contributed by atoms with van der Waals surface area (Å²) in [6.45, 7) is 1.63. The van der Waals surface area contributed by atoms with Crippen molar-refractivity contribution in [3.63, 3.8) is 0 Å². The summed E-state index contributed by atoms with van der Waals surface area (Å²) in [6, 6.07) is 3.63. The molecule has 160 valence electrons. The van der Waals surface area contributed by atoms with E-state index in [1.54, 1.807) is 0 Å². The number of ether oxygens (including phenoxy) is 1. The molecule has 5 N–H and O–H groups in total. The van der Waals surface area contributed by atoms with E-state index in [-0.39, 0.29) is 35.3 Å². The molecule has 1 saturated carbocycles. The topological polar surface area (TPSA) is 129 Å². The Morgan fingerprint density at radius 3 is 2.63 bits per heavy atom. The van der Waals surface area contributed by atoms with Gasteiger partial charge in [0, 0.05) is 35.9 Å². The maximum atomic E-state index is 15.2. The molecule has 0 bridgehead atoms. The van der Waals surface area contributed by atoms with Gasteiger partial charge in [0.2, 0.25) is 5.75 Å². The first-order chi connectivity index (χ1) is 13.8. The number of aryl methyl sites for hydroxylation is 1. The first-order valence-corrected chi connectivity index (χ1v) is 9.57. The van der Waals surface area contributed by atoms with Gasteiger partial charge < -0.3 is 30.6 Å². The molecule has 1 aliphatic heterocycles. The van der Waals surface area contributed by atoms with Crippen molar-refractivity contribution < 1.29 is 24.1 Å². The van der Waals surface area contributed by atoms with Crippen molar-refractivity contribution in [3.05, 3.63) is 39.4 Å². The van der Waals surface area contributed by atoms with Crippen molar-refractivity contribution in [2.45, 2.75) is 25.3 Å². The standard InChI is InChI=1S/C20H20FN3O5.ClH/c21-13-5-9(24-6-11-12(7-24)15(11)22)4-8-2-1-3-10-16(14(8)13)23-19(26)18(17(10)25)29-20(27)28;/h4-5,11-12,15H,1-3,6-7,22H2,(H,27,28)(H2,23,25,26);1H/t11-,12+,15?;. The SMILES string of the molecule is Cl.NC1[C@H]2CN(c3cc(F)c4c(c3)CCCc3c-4[nH]c(=O)c(OC(=O)O)c3O)C[C@@H]12. The number of rotatable bonds is 2. The minimum absolute atomic E-state index is 0. The van der Waals surface area contributed by atoms with Gasteiger partial charge in [0.05, 0.1) is 5.69 Å². The van der Waals surface area contributed by atoms with Crippen molar-refractivity contribution in [1.29, 1.82) is 0 Å². The molecule has 2 fully saturated rings. The van der Waals surface area contributed by atoms with Gasteiger partial charge in [0.15, 0.2) is 5.75 Å². The fourth-order valence-electron chi connectivity index (χ4n) is 4.79. The molecule has 1 aromatic carbocycles. The van der Waals surface area contributed by atoms with Crippen molar-refractivity contribution in [2.75, 3.05) is 18.0 Å². The number of carboxylic acid groups (broad SMARTS) is 1. The maximum Gasteiger partial charge on any atom is 0.511 e. The van der Waals surface area contributed by atoms with Gasteiger partial charge in [-0.25, -0.2) is 9.18 Å². The van der Waals surface area contributed by atoms with Gasteiger partial charge in [-0.1, -0.05) is 0 Å². The number of benzene rings is 1. The number of piperidine rings is 1. The molecule has 1 saturated heterocycles. The number of aromatic hydroxyl groups is 1. The van der Waals surface area contributed by atoms with Crippen LogP contribution in [0.25, 0.3) is 11.3 Å². The number of pyridine rings is 1. The Hall–Kier alpha value is -2.78. The predicted molar refractivity (Wildman–Crippen MR) is 109 cm³/mol. The Kier molecular flexibility index (Phi) is 4.90. The second kappa shape index (κ2) is 7.17. The predicted octanol–water partition coefficient (Wildman–Crippen LogP) is 2.25. The van der Waals surface area contributed by atoms with Gasteiger partial charge in [-0.2, -0.15) is 0 Å². The largest absolute Gasteiger partial charge is 0.511 e. The highest BCUT2D eigenvalue weighted by atomic mass is 35.5. The highest BCUT2D eigenvalue weighted by molar-refractivity contribution is 5.85. The minimum atomic E-state index is -1.71. The quantitative estimate of drug-likeness (QED) is 0.530. The van der Waals surface area contributed by atoms with Crippen LogP contribution < -0.4 is 20.9 Å². The number of hydrogen-bond acceptors (Lipinski definition) is 6. The van der Waals surface area contributed by atoms with Crippen LogP contribution in [0.3, 0.4) is 0 Å². The zero-order valence-corrected chi connectivity index (χ0v) is 16.7. The molecule has 30 heavy (non-hydrogen) atoms. The number of fused-ring (bicyclic) bond motifs is 4. The summed E-state index contributed by atoms with van der Waals surface area (Å²) in [5, 5.41) is 19.2. The average Bonchev–Trinajstić information content (AvgIpc) is 3.09. The van der Waals surface area contributed by atoms with Crippen molar-refractivity contribution in [2.24, 2.45) is 17.6 Å². The smallest absolute Gasteiger partial charge is 0.504 e. The average molecular weight is 438 g/mol. The Balaban J connectivity index is 0.00000218. The number of aromatic amines is 1. The van der Waals surface area contributed by atoms with Crippen molar-refractivity contribution in [3.8, 4) is 22.8 Å². The number of nitrogens with one attached hydrogen (secondary N) is 1. The van der Waals surface area contributed by atoms with E-state index in [1.807, 2.05) is 6.07 Å². The zero-order chi connectivity index (χ0) is 20.4. The third-order valence-corrected chi connectivity index (χ3v) is 6.34. The summed E-state index contributed by atoms with van der Waals surface area (Å²) >= 11 is 0. The molecular formula is C20H21ClFN3O5. The molecule has 0 amide bonds. The fourth-order valence-corrected chi connectivity index (χ4v) is 4.79. The first kappa shape index (κ1) is 20.5. The molecule has 3 atom stereocenters. The lowest BCUT2D eigenvalue weighted by atomic mass is 9.99. The fraction of sp³-hybridized carbons (Fsp3) is 0.400. The molecule has 0 spiro atoms. The molecule has 1 aromatic heterocycles. The number of carbonyl (C=O) groups is 1. The summed E-state index contributed by atoms with van der Waals surface area (Å²) in [5.41, 5.74) is 7.29. The highest BCUT2D eigenvalue weighted by Gasteiger charge is 2.53. The Morgan fingerprint density at radius 2 is 1.97 bits per heavy atom. The van der Waals surface area contributed by atoms with Crippen LogP contribution in [-0.4, -0.2) is 40.5 Å². The summed E-state index contributed by atoms with van der Waals surface area (Å²) in [5.74, 6) is -0.801. The van der Waals surface area contributed by atoms with E-state index >= 15 is 4.39 Å². The number of hydrogen-bond donors (Lipinski definition) is 4. The lowest BCUT2D eigenvalue weighted by Gasteiger charge is -2.23. The third-order valence-electron chi connectivity index (χ3n) is 6.34. The van der Waals surface area contributed by atoms with E-state index in [9.17, 15) is 14.7 Å². The van der Waals surface area contributed by atoms with Crippen LogP contribution >= 0.6 is 12.4 Å². The van der Waals surface area contributed by atoms with Crippen molar-refractivity contribution in [1.82, 2.24) is 4.98 Å². The summed E-state index contributed by atoms with van der Waals surface area (Å²) in [6.07, 6.45) is -0.199. The van der Waals surface area contributed by atoms with Crippen LogP contribution in [0.15, 0.2) is 16.9 Å². The molecule has 0 radical (unpaired) electrons. The molecule has 8 nitrogen and oxygen atoms in total. The minimum Gasteiger partial charge on any atom is -0.504 e. The van der Waals surface area contributed by atoms with E-state index in [1.165, 1.54) is 6.07 Å². The van der Waals surface area contributed by atoms with Crippen LogP contribution in [0.5, 0.6) is 11.5 Å². The van der Waals surface area contributed by atoms with Gasteiger partial charge in [-0.15, -0.1) is 12.4 Å². The molecule has 2 heterocycles. The number of H-pyrrole nitrogens is 1. The zero-order valence-electron chi connectivity index (χ0n) is 15.9. The van der Waals surface area contributed by atoms with Gasteiger partial charge in [0.1, 0.15) is 5.82 Å². The third kappa shape index (κ3) is 3.09. The van der Waals surface area contributed by atoms with Gasteiger partial charge in [-0.05, 0) is 48.8 Å². The van der Waals surface area contributed by atoms with Crippen molar-refractivity contribution >= 4 is 24.2 Å². The lowest BCUT2D eigenvalue weighted by molar-refractivity contribution is 0.142. The molecule has 2 aliphatic carbocycles. The van der Waals surface area contributed by atoms with Gasteiger partial charge in [0.25, 0.3) is 5.56 Å². The number of anilines is 1. The van der Waals surface area contributed by atoms with Crippen LogP contribution in [-0.2, 0) is 12.8 Å². The summed E-state index contributed by atoms with van der Waals surface area (Å²) < 4.78 is 19.6. The lowest BCUT2D eigenvalue weighted by Crippen LogP contribution is -2.28. The normalized spacial score (nSPS) is 23.5. The summed E-state index contributed by atoms with van der Waals surface area (Å²) in [7, 11) is 0. The Bertz CT molecular complexity index is 1090. The van der Waals surface area contributed by atoms with E-state index < -0.39 is 29.0 Å². The van der Waals surface area contributed by atoms with Crippen LogP contribution in [0.1, 0.15) is 17.5 Å². The van der Waals surface area contributed by atoms with E-state index in [4.69, 9.17) is 10.8 Å².